The summed E-state index contributed by atoms with van der Waals surface area (Å²) in [7, 11) is 1.29. The van der Waals surface area contributed by atoms with Crippen molar-refractivity contribution in [2.75, 3.05) is 7.11 Å². The number of ether oxygens (including phenoxy) is 3. The first-order chi connectivity index (χ1) is 9.20. The monoisotopic (exact) mass is 258 g/mol. The molecule has 0 unspecified atom stereocenters. The topological polar surface area (TPSA) is 65.0 Å². The number of para-hydroxylation sites is 2. The van der Waals surface area contributed by atoms with E-state index in [4.69, 9.17) is 9.47 Å². The lowest BCUT2D eigenvalue weighted by Gasteiger charge is -2.22. The Bertz CT molecular complexity index is 663. The minimum atomic E-state index is -0.528. The van der Waals surface area contributed by atoms with E-state index in [2.05, 4.69) is 4.74 Å². The van der Waals surface area contributed by atoms with Gasteiger partial charge in [0.1, 0.15) is 5.56 Å². The Morgan fingerprint density at radius 3 is 2.47 bits per heavy atom. The first-order valence-electron chi connectivity index (χ1n) is 5.59. The molecule has 0 spiro atoms. The molecule has 0 bridgehead atoms. The average Bonchev–Trinajstić information content (AvgIpc) is 2.44. The van der Waals surface area contributed by atoms with E-state index in [0.29, 0.717) is 11.5 Å². The Morgan fingerprint density at radius 1 is 1.05 bits per heavy atom. The molecule has 1 N–H and O–H groups in total. The Kier molecular flexibility index (Phi) is 2.52. The Hall–Kier alpha value is -2.69. The summed E-state index contributed by atoms with van der Waals surface area (Å²) in [5.74, 6) is 0.646. The van der Waals surface area contributed by atoms with Crippen LogP contribution in [0.2, 0.25) is 0 Å². The average molecular weight is 258 g/mol. The maximum Gasteiger partial charge on any atom is 0.341 e. The second-order valence-corrected chi connectivity index (χ2v) is 3.93. The molecule has 2 aromatic carbocycles. The zero-order chi connectivity index (χ0) is 13.4. The van der Waals surface area contributed by atoms with Crippen LogP contribution in [0.25, 0.3) is 0 Å². The Morgan fingerprint density at radius 2 is 1.74 bits per heavy atom. The van der Waals surface area contributed by atoms with E-state index >= 15 is 0 Å². The van der Waals surface area contributed by atoms with Gasteiger partial charge in [-0.05, 0) is 24.3 Å². The van der Waals surface area contributed by atoms with Gasteiger partial charge in [0.15, 0.2) is 23.0 Å². The minimum Gasteiger partial charge on any atom is -0.504 e. The molecule has 19 heavy (non-hydrogen) atoms. The van der Waals surface area contributed by atoms with E-state index in [1.165, 1.54) is 13.2 Å². The lowest BCUT2D eigenvalue weighted by Crippen LogP contribution is -2.07. The highest BCUT2D eigenvalue weighted by molar-refractivity contribution is 5.94. The molecule has 0 radical (unpaired) electrons. The van der Waals surface area contributed by atoms with Crippen molar-refractivity contribution in [2.24, 2.45) is 0 Å². The van der Waals surface area contributed by atoms with Crippen LogP contribution in [-0.2, 0) is 4.74 Å². The van der Waals surface area contributed by atoms with Gasteiger partial charge in [-0.1, -0.05) is 12.1 Å². The third-order valence-electron chi connectivity index (χ3n) is 2.77. The highest BCUT2D eigenvalue weighted by Crippen LogP contribution is 2.50. The highest BCUT2D eigenvalue weighted by atomic mass is 16.6. The van der Waals surface area contributed by atoms with Crippen molar-refractivity contribution in [2.45, 2.75) is 0 Å². The van der Waals surface area contributed by atoms with Gasteiger partial charge in [0.25, 0.3) is 0 Å². The quantitative estimate of drug-likeness (QED) is 0.679. The van der Waals surface area contributed by atoms with Gasteiger partial charge in [0.05, 0.1) is 7.11 Å². The van der Waals surface area contributed by atoms with Crippen LogP contribution in [-0.4, -0.2) is 18.2 Å². The molecule has 96 valence electrons. The summed E-state index contributed by atoms with van der Waals surface area (Å²) in [4.78, 5) is 11.7. The Balaban J connectivity index is 2.13. The third-order valence-corrected chi connectivity index (χ3v) is 2.77. The predicted molar refractivity (Wildman–Crippen MR) is 66.0 cm³/mol. The molecule has 3 rings (SSSR count). The number of esters is 1. The lowest BCUT2D eigenvalue weighted by atomic mass is 10.1. The fraction of sp³-hybridized carbons (Fsp3) is 0.0714. The molecule has 0 atom stereocenters. The molecule has 0 saturated carbocycles. The first kappa shape index (κ1) is 11.4. The molecule has 2 aromatic rings. The predicted octanol–water partition coefficient (Wildman–Crippen LogP) is 3.08. The van der Waals surface area contributed by atoms with Crippen molar-refractivity contribution in [1.29, 1.82) is 0 Å². The lowest BCUT2D eigenvalue weighted by molar-refractivity contribution is 0.0596. The van der Waals surface area contributed by atoms with Crippen LogP contribution in [0.5, 0.6) is 28.7 Å². The van der Waals surface area contributed by atoms with E-state index in [0.717, 1.165) is 0 Å². The number of hydrogen-bond donors (Lipinski definition) is 1. The fourth-order valence-corrected chi connectivity index (χ4v) is 1.88. The second-order valence-electron chi connectivity index (χ2n) is 3.93. The van der Waals surface area contributed by atoms with Gasteiger partial charge in [-0.15, -0.1) is 0 Å². The van der Waals surface area contributed by atoms with Crippen molar-refractivity contribution in [3.8, 4) is 28.7 Å². The van der Waals surface area contributed by atoms with Gasteiger partial charge >= 0.3 is 5.97 Å². The molecule has 0 aliphatic carbocycles. The highest BCUT2D eigenvalue weighted by Gasteiger charge is 2.26. The molecule has 5 heteroatoms. The summed E-state index contributed by atoms with van der Waals surface area (Å²) in [6, 6.07) is 9.71. The molecule has 1 aliphatic rings. The normalized spacial score (nSPS) is 11.6. The summed E-state index contributed by atoms with van der Waals surface area (Å²) in [5.41, 5.74) is 0.244. The van der Waals surface area contributed by atoms with Crippen molar-refractivity contribution in [3.05, 3.63) is 42.0 Å². The smallest absolute Gasteiger partial charge is 0.341 e. The minimum absolute atomic E-state index is 0.0529. The van der Waals surface area contributed by atoms with Crippen molar-refractivity contribution in [1.82, 2.24) is 0 Å². The van der Waals surface area contributed by atoms with Gasteiger partial charge in [-0.25, -0.2) is 4.79 Å². The van der Waals surface area contributed by atoms with Crippen LogP contribution in [0.15, 0.2) is 36.4 Å². The van der Waals surface area contributed by atoms with Crippen LogP contribution >= 0.6 is 0 Å². The number of methoxy groups -OCH3 is 1. The zero-order valence-electron chi connectivity index (χ0n) is 10.0. The number of phenolic OH excluding ortho intramolecular Hbond substituents is 1. The molecular formula is C14H10O5. The van der Waals surface area contributed by atoms with Gasteiger partial charge in [-0.3, -0.25) is 0 Å². The van der Waals surface area contributed by atoms with E-state index in [1.54, 1.807) is 30.3 Å². The standard InChI is InChI=1S/C14H10O5/c1-17-14(16)8-4-2-6-10-12(8)19-13-9(15)5-3-7-11(13)18-10/h2-7,15H,1H3. The van der Waals surface area contributed by atoms with Crippen molar-refractivity contribution >= 4 is 5.97 Å². The summed E-state index contributed by atoms with van der Waals surface area (Å²) in [6.07, 6.45) is 0. The zero-order valence-corrected chi connectivity index (χ0v) is 10.0. The van der Waals surface area contributed by atoms with Crippen LogP contribution in [0, 0.1) is 0 Å². The number of carbonyl (C=O) groups is 1. The SMILES string of the molecule is COC(=O)c1cccc2c1Oc1c(O)cccc1O2. The molecule has 0 aromatic heterocycles. The number of benzene rings is 2. The second kappa shape index (κ2) is 4.20. The maximum absolute atomic E-state index is 11.7. The molecule has 1 heterocycles. The number of carbonyl (C=O) groups excluding carboxylic acids is 1. The molecule has 0 amide bonds. The van der Waals surface area contributed by atoms with Crippen LogP contribution in [0.3, 0.4) is 0 Å². The van der Waals surface area contributed by atoms with Gasteiger partial charge in [0.2, 0.25) is 5.75 Å². The van der Waals surface area contributed by atoms with Crippen molar-refractivity contribution < 1.29 is 24.1 Å². The number of hydrogen-bond acceptors (Lipinski definition) is 5. The number of phenols is 1. The molecule has 1 aliphatic heterocycles. The summed E-state index contributed by atoms with van der Waals surface area (Å²) < 4.78 is 15.9. The largest absolute Gasteiger partial charge is 0.504 e. The van der Waals surface area contributed by atoms with Crippen LogP contribution < -0.4 is 9.47 Å². The molecule has 0 saturated heterocycles. The first-order valence-corrected chi connectivity index (χ1v) is 5.59. The number of fused-ring (bicyclic) bond motifs is 2. The third kappa shape index (κ3) is 1.76. The number of aromatic hydroxyl groups is 1. The number of rotatable bonds is 1. The van der Waals surface area contributed by atoms with E-state index < -0.39 is 5.97 Å². The fourth-order valence-electron chi connectivity index (χ4n) is 1.88. The maximum atomic E-state index is 11.7. The summed E-state index contributed by atoms with van der Waals surface area (Å²) >= 11 is 0. The van der Waals surface area contributed by atoms with Gasteiger partial charge in [0, 0.05) is 0 Å². The summed E-state index contributed by atoms with van der Waals surface area (Å²) in [5, 5.41) is 9.75. The van der Waals surface area contributed by atoms with E-state index in [9.17, 15) is 9.90 Å². The van der Waals surface area contributed by atoms with Crippen LogP contribution in [0.1, 0.15) is 10.4 Å². The van der Waals surface area contributed by atoms with Crippen LogP contribution in [0.4, 0.5) is 0 Å². The van der Waals surface area contributed by atoms with E-state index in [-0.39, 0.29) is 22.8 Å². The molecular weight excluding hydrogens is 248 g/mol. The summed E-state index contributed by atoms with van der Waals surface area (Å²) in [6.45, 7) is 0. The van der Waals surface area contributed by atoms with E-state index in [1.807, 2.05) is 0 Å². The molecule has 0 fully saturated rings. The van der Waals surface area contributed by atoms with Crippen molar-refractivity contribution in [3.63, 3.8) is 0 Å². The van der Waals surface area contributed by atoms with Gasteiger partial charge < -0.3 is 19.3 Å². The van der Waals surface area contributed by atoms with Gasteiger partial charge in [-0.2, -0.15) is 0 Å². The Labute approximate surface area is 109 Å². The molecule has 5 nitrogen and oxygen atoms in total.